The zero-order valence-electron chi connectivity index (χ0n) is 13.3. The highest BCUT2D eigenvalue weighted by Crippen LogP contribution is 2.22. The molecule has 2 nitrogen and oxygen atoms in total. The van der Waals surface area contributed by atoms with Gasteiger partial charge in [-0.3, -0.25) is 4.90 Å². The quantitative estimate of drug-likeness (QED) is 0.697. The van der Waals surface area contributed by atoms with Crippen LogP contribution in [0.25, 0.3) is 0 Å². The van der Waals surface area contributed by atoms with E-state index in [1.807, 2.05) is 0 Å². The summed E-state index contributed by atoms with van der Waals surface area (Å²) in [5, 5.41) is 3.71. The van der Waals surface area contributed by atoms with E-state index in [4.69, 9.17) is 0 Å². The zero-order chi connectivity index (χ0) is 13.6. The zero-order valence-corrected chi connectivity index (χ0v) is 13.3. The highest BCUT2D eigenvalue weighted by Gasteiger charge is 2.34. The second-order valence-electron chi connectivity index (χ2n) is 6.90. The van der Waals surface area contributed by atoms with Gasteiger partial charge in [0.25, 0.3) is 0 Å². The van der Waals surface area contributed by atoms with Crippen molar-refractivity contribution in [2.75, 3.05) is 19.6 Å². The van der Waals surface area contributed by atoms with E-state index >= 15 is 0 Å². The van der Waals surface area contributed by atoms with E-state index in [1.165, 1.54) is 45.2 Å². The molecule has 0 saturated carbocycles. The first-order valence-corrected chi connectivity index (χ1v) is 7.96. The van der Waals surface area contributed by atoms with Gasteiger partial charge in [-0.25, -0.2) is 0 Å². The van der Waals surface area contributed by atoms with Gasteiger partial charge >= 0.3 is 0 Å². The van der Waals surface area contributed by atoms with Crippen LogP contribution < -0.4 is 5.32 Å². The Morgan fingerprint density at radius 3 is 2.44 bits per heavy atom. The summed E-state index contributed by atoms with van der Waals surface area (Å²) in [6, 6.07) is 0.675. The molecule has 1 fully saturated rings. The molecule has 0 bridgehead atoms. The molecule has 0 radical (unpaired) electrons. The monoisotopic (exact) mass is 254 g/mol. The van der Waals surface area contributed by atoms with Crippen LogP contribution in [0.4, 0.5) is 0 Å². The van der Waals surface area contributed by atoms with E-state index < -0.39 is 0 Å². The van der Waals surface area contributed by atoms with Gasteiger partial charge in [0, 0.05) is 24.7 Å². The summed E-state index contributed by atoms with van der Waals surface area (Å²) in [4.78, 5) is 2.71. The minimum absolute atomic E-state index is 0.330. The molecule has 1 atom stereocenters. The van der Waals surface area contributed by atoms with E-state index in [1.54, 1.807) is 0 Å². The molecular weight excluding hydrogens is 220 g/mol. The lowest BCUT2D eigenvalue weighted by molar-refractivity contribution is 0.0530. The topological polar surface area (TPSA) is 15.3 Å². The summed E-state index contributed by atoms with van der Waals surface area (Å²) in [6.45, 7) is 15.3. The average molecular weight is 254 g/mol. The van der Waals surface area contributed by atoms with Crippen LogP contribution in [0.1, 0.15) is 66.7 Å². The van der Waals surface area contributed by atoms with Gasteiger partial charge < -0.3 is 5.32 Å². The van der Waals surface area contributed by atoms with E-state index in [0.29, 0.717) is 11.6 Å². The van der Waals surface area contributed by atoms with Gasteiger partial charge in [0.1, 0.15) is 0 Å². The van der Waals surface area contributed by atoms with Gasteiger partial charge in [0.2, 0.25) is 0 Å². The predicted molar refractivity (Wildman–Crippen MR) is 81.0 cm³/mol. The molecule has 1 aliphatic rings. The standard InChI is InChI=1S/C16H34N2/c1-6-7-8-9-10-11-18-12-15(14(2)3)17-13-16(18,4)5/h14-15,17H,6-13H2,1-5H3. The van der Waals surface area contributed by atoms with Crippen LogP contribution >= 0.6 is 0 Å². The van der Waals surface area contributed by atoms with Crippen molar-refractivity contribution >= 4 is 0 Å². The van der Waals surface area contributed by atoms with Crippen LogP contribution in [0.5, 0.6) is 0 Å². The maximum Gasteiger partial charge on any atom is 0.0278 e. The van der Waals surface area contributed by atoms with Crippen molar-refractivity contribution < 1.29 is 0 Å². The summed E-state index contributed by atoms with van der Waals surface area (Å²) in [5.74, 6) is 0.740. The van der Waals surface area contributed by atoms with Crippen molar-refractivity contribution in [3.63, 3.8) is 0 Å². The molecular formula is C16H34N2. The maximum atomic E-state index is 3.71. The molecule has 108 valence electrons. The van der Waals surface area contributed by atoms with Crippen molar-refractivity contribution in [1.29, 1.82) is 0 Å². The van der Waals surface area contributed by atoms with E-state index in [2.05, 4.69) is 44.8 Å². The van der Waals surface area contributed by atoms with Gasteiger partial charge in [-0.1, -0.05) is 46.5 Å². The average Bonchev–Trinajstić information content (AvgIpc) is 2.30. The van der Waals surface area contributed by atoms with Gasteiger partial charge in [-0.15, -0.1) is 0 Å². The molecule has 0 aromatic rings. The Balaban J connectivity index is 2.34. The fourth-order valence-electron chi connectivity index (χ4n) is 2.79. The second-order valence-corrected chi connectivity index (χ2v) is 6.90. The van der Waals surface area contributed by atoms with Crippen LogP contribution in [0, 0.1) is 5.92 Å². The van der Waals surface area contributed by atoms with Crippen LogP contribution in [0.15, 0.2) is 0 Å². The molecule has 1 heterocycles. The van der Waals surface area contributed by atoms with Crippen LogP contribution in [0.2, 0.25) is 0 Å². The number of rotatable bonds is 7. The molecule has 2 heteroatoms. The molecule has 18 heavy (non-hydrogen) atoms. The van der Waals surface area contributed by atoms with E-state index in [-0.39, 0.29) is 0 Å². The van der Waals surface area contributed by atoms with Crippen LogP contribution in [-0.2, 0) is 0 Å². The number of nitrogens with one attached hydrogen (secondary N) is 1. The van der Waals surface area contributed by atoms with Gasteiger partial charge in [-0.2, -0.15) is 0 Å². The first kappa shape index (κ1) is 16.0. The minimum Gasteiger partial charge on any atom is -0.311 e. The Hall–Kier alpha value is -0.0800. The molecule has 1 saturated heterocycles. The van der Waals surface area contributed by atoms with Crippen molar-refractivity contribution in [1.82, 2.24) is 10.2 Å². The summed E-state index contributed by atoms with van der Waals surface area (Å²) in [5.41, 5.74) is 0.330. The molecule has 1 rings (SSSR count). The molecule has 0 aromatic heterocycles. The van der Waals surface area contributed by atoms with Crippen molar-refractivity contribution in [3.8, 4) is 0 Å². The lowest BCUT2D eigenvalue weighted by atomic mass is 9.92. The molecule has 0 amide bonds. The van der Waals surface area contributed by atoms with Crippen molar-refractivity contribution in [2.24, 2.45) is 5.92 Å². The molecule has 1 aliphatic heterocycles. The Labute approximate surface area is 115 Å². The molecule has 1 unspecified atom stereocenters. The number of unbranched alkanes of at least 4 members (excludes halogenated alkanes) is 4. The SMILES string of the molecule is CCCCCCCN1CC(C(C)C)NCC1(C)C. The highest BCUT2D eigenvalue weighted by atomic mass is 15.3. The highest BCUT2D eigenvalue weighted by molar-refractivity contribution is 4.93. The smallest absolute Gasteiger partial charge is 0.0278 e. The maximum absolute atomic E-state index is 3.71. The molecule has 0 aliphatic carbocycles. The van der Waals surface area contributed by atoms with Gasteiger partial charge in [-0.05, 0) is 32.7 Å². The Bertz CT molecular complexity index is 223. The van der Waals surface area contributed by atoms with E-state index in [9.17, 15) is 0 Å². The van der Waals surface area contributed by atoms with Crippen LogP contribution in [-0.4, -0.2) is 36.1 Å². The third kappa shape index (κ3) is 4.89. The van der Waals surface area contributed by atoms with Crippen molar-refractivity contribution in [3.05, 3.63) is 0 Å². The Kier molecular flexibility index (Phi) is 6.65. The third-order valence-electron chi connectivity index (χ3n) is 4.41. The fraction of sp³-hybridized carbons (Fsp3) is 1.00. The number of nitrogens with zero attached hydrogens (tertiary/aromatic N) is 1. The van der Waals surface area contributed by atoms with Crippen LogP contribution in [0.3, 0.4) is 0 Å². The fourth-order valence-corrected chi connectivity index (χ4v) is 2.79. The number of piperazine rings is 1. The number of hydrogen-bond acceptors (Lipinski definition) is 2. The second kappa shape index (κ2) is 7.49. The normalized spacial score (nSPS) is 24.7. The molecule has 0 aromatic carbocycles. The van der Waals surface area contributed by atoms with Gasteiger partial charge in [0.05, 0.1) is 0 Å². The van der Waals surface area contributed by atoms with Crippen molar-refractivity contribution in [2.45, 2.75) is 78.3 Å². The minimum atomic E-state index is 0.330. The molecule has 0 spiro atoms. The molecule has 1 N–H and O–H groups in total. The van der Waals surface area contributed by atoms with Gasteiger partial charge in [0.15, 0.2) is 0 Å². The first-order valence-electron chi connectivity index (χ1n) is 7.96. The summed E-state index contributed by atoms with van der Waals surface area (Å²) < 4.78 is 0. The lowest BCUT2D eigenvalue weighted by Gasteiger charge is -2.47. The third-order valence-corrected chi connectivity index (χ3v) is 4.41. The largest absolute Gasteiger partial charge is 0.311 e. The Morgan fingerprint density at radius 2 is 1.83 bits per heavy atom. The first-order chi connectivity index (χ1) is 8.47. The summed E-state index contributed by atoms with van der Waals surface area (Å²) >= 11 is 0. The summed E-state index contributed by atoms with van der Waals surface area (Å²) in [7, 11) is 0. The summed E-state index contributed by atoms with van der Waals surface area (Å²) in [6.07, 6.45) is 6.93. The predicted octanol–water partition coefficient (Wildman–Crippen LogP) is 3.67. The lowest BCUT2D eigenvalue weighted by Crippen LogP contribution is -2.63. The van der Waals surface area contributed by atoms with E-state index in [0.717, 1.165) is 12.5 Å². The number of hydrogen-bond donors (Lipinski definition) is 1. The Morgan fingerprint density at radius 1 is 1.17 bits per heavy atom.